The fourth-order valence-corrected chi connectivity index (χ4v) is 2.95. The quantitative estimate of drug-likeness (QED) is 0.848. The van der Waals surface area contributed by atoms with Crippen LogP contribution >= 0.6 is 0 Å². The lowest BCUT2D eigenvalue weighted by Crippen LogP contribution is -2.32. The van der Waals surface area contributed by atoms with Crippen LogP contribution in [0.5, 0.6) is 0 Å². The molecule has 1 fully saturated rings. The zero-order valence-electron chi connectivity index (χ0n) is 12.3. The van der Waals surface area contributed by atoms with E-state index in [2.05, 4.69) is 52.1 Å². The number of hydrogen-bond acceptors (Lipinski definition) is 2. The van der Waals surface area contributed by atoms with Crippen LogP contribution in [0.3, 0.4) is 0 Å². The predicted molar refractivity (Wildman–Crippen MR) is 82.7 cm³/mol. The molecule has 1 aromatic heterocycles. The molecule has 0 N–H and O–H groups in total. The van der Waals surface area contributed by atoms with E-state index in [1.54, 1.807) is 0 Å². The van der Waals surface area contributed by atoms with Crippen molar-refractivity contribution in [3.63, 3.8) is 0 Å². The van der Waals surface area contributed by atoms with Gasteiger partial charge in [-0.25, -0.2) is 0 Å². The summed E-state index contributed by atoms with van der Waals surface area (Å²) in [6.45, 7) is 6.78. The molecule has 1 aromatic carbocycles. The first kappa shape index (κ1) is 13.4. The van der Waals surface area contributed by atoms with Gasteiger partial charge in [0.2, 0.25) is 0 Å². The van der Waals surface area contributed by atoms with E-state index in [0.717, 1.165) is 13.1 Å². The van der Waals surface area contributed by atoms with Crippen LogP contribution in [0.2, 0.25) is 0 Å². The van der Waals surface area contributed by atoms with Crippen molar-refractivity contribution in [3.8, 4) is 11.1 Å². The maximum absolute atomic E-state index is 4.51. The van der Waals surface area contributed by atoms with Crippen molar-refractivity contribution >= 4 is 0 Å². The first-order chi connectivity index (χ1) is 9.83. The van der Waals surface area contributed by atoms with Gasteiger partial charge in [0, 0.05) is 18.3 Å². The predicted octanol–water partition coefficient (Wildman–Crippen LogP) is 3.34. The molecule has 106 valence electrons. The van der Waals surface area contributed by atoms with Crippen molar-refractivity contribution in [1.29, 1.82) is 0 Å². The minimum Gasteiger partial charge on any atom is -0.301 e. The summed E-state index contributed by atoms with van der Waals surface area (Å²) in [5.74, 6) is 0. The number of likely N-dealkylation sites (tertiary alicyclic amines) is 1. The molecule has 0 atom stereocenters. The van der Waals surface area contributed by atoms with Gasteiger partial charge in [-0.15, -0.1) is 0 Å². The maximum Gasteiger partial charge on any atom is 0.0568 e. The van der Waals surface area contributed by atoms with Crippen LogP contribution < -0.4 is 0 Å². The summed E-state index contributed by atoms with van der Waals surface area (Å²) >= 11 is 0. The van der Waals surface area contributed by atoms with E-state index in [9.17, 15) is 0 Å². The minimum atomic E-state index is 0.992. The van der Waals surface area contributed by atoms with E-state index < -0.39 is 0 Å². The van der Waals surface area contributed by atoms with Crippen molar-refractivity contribution in [2.75, 3.05) is 19.6 Å². The first-order valence-electron chi connectivity index (χ1n) is 7.64. The Morgan fingerprint density at radius 1 is 1.05 bits per heavy atom. The molecule has 0 amide bonds. The fraction of sp³-hybridized carbons (Fsp3) is 0.471. The Bertz CT molecular complexity index is 553. The van der Waals surface area contributed by atoms with Crippen molar-refractivity contribution in [2.45, 2.75) is 32.7 Å². The Morgan fingerprint density at radius 2 is 1.85 bits per heavy atom. The second kappa shape index (κ2) is 6.23. The highest BCUT2D eigenvalue weighted by atomic mass is 15.3. The molecule has 0 unspecified atom stereocenters. The highest BCUT2D eigenvalue weighted by Gasteiger charge is 2.10. The molecule has 3 nitrogen and oxygen atoms in total. The molecule has 3 rings (SSSR count). The lowest BCUT2D eigenvalue weighted by Gasteiger charge is -2.26. The van der Waals surface area contributed by atoms with Gasteiger partial charge < -0.3 is 4.90 Å². The van der Waals surface area contributed by atoms with Gasteiger partial charge in [-0.05, 0) is 44.0 Å². The first-order valence-corrected chi connectivity index (χ1v) is 7.64. The van der Waals surface area contributed by atoms with Crippen LogP contribution in [0.4, 0.5) is 0 Å². The van der Waals surface area contributed by atoms with Gasteiger partial charge in [0.1, 0.15) is 0 Å². The summed E-state index contributed by atoms with van der Waals surface area (Å²) in [5, 5.41) is 4.51. The molecule has 0 spiro atoms. The molecule has 0 saturated carbocycles. The molecule has 1 aliphatic rings. The maximum atomic E-state index is 4.51. The second-order valence-electron chi connectivity index (χ2n) is 5.71. The topological polar surface area (TPSA) is 21.1 Å². The number of hydrogen-bond donors (Lipinski definition) is 0. The van der Waals surface area contributed by atoms with E-state index in [-0.39, 0.29) is 0 Å². The average molecular weight is 269 g/mol. The van der Waals surface area contributed by atoms with Crippen LogP contribution in [-0.2, 0) is 6.54 Å². The van der Waals surface area contributed by atoms with E-state index in [0.29, 0.717) is 0 Å². The minimum absolute atomic E-state index is 0.992. The Balaban J connectivity index is 1.63. The second-order valence-corrected chi connectivity index (χ2v) is 5.71. The third-order valence-electron chi connectivity index (χ3n) is 4.18. The summed E-state index contributed by atoms with van der Waals surface area (Å²) in [6, 6.07) is 8.49. The number of piperidine rings is 1. The average Bonchev–Trinajstić information content (AvgIpc) is 2.95. The van der Waals surface area contributed by atoms with Crippen molar-refractivity contribution in [3.05, 3.63) is 42.2 Å². The summed E-state index contributed by atoms with van der Waals surface area (Å²) in [5.41, 5.74) is 3.82. The SMILES string of the molecule is Cc1ccccc1-c1cnn(CCN2CCCCC2)c1. The highest BCUT2D eigenvalue weighted by molar-refractivity contribution is 5.65. The normalized spacial score (nSPS) is 16.4. The smallest absolute Gasteiger partial charge is 0.0568 e. The van der Waals surface area contributed by atoms with Gasteiger partial charge >= 0.3 is 0 Å². The molecule has 0 aliphatic carbocycles. The molecule has 0 bridgehead atoms. The molecule has 2 aromatic rings. The van der Waals surface area contributed by atoms with Crippen LogP contribution in [-0.4, -0.2) is 34.3 Å². The van der Waals surface area contributed by atoms with Crippen molar-refractivity contribution in [1.82, 2.24) is 14.7 Å². The third-order valence-corrected chi connectivity index (χ3v) is 4.18. The van der Waals surface area contributed by atoms with E-state index in [4.69, 9.17) is 0 Å². The summed E-state index contributed by atoms with van der Waals surface area (Å²) < 4.78 is 2.08. The molecule has 1 saturated heterocycles. The largest absolute Gasteiger partial charge is 0.301 e. The summed E-state index contributed by atoms with van der Waals surface area (Å²) in [7, 11) is 0. The number of nitrogens with zero attached hydrogens (tertiary/aromatic N) is 3. The molecule has 20 heavy (non-hydrogen) atoms. The monoisotopic (exact) mass is 269 g/mol. The lowest BCUT2D eigenvalue weighted by atomic mass is 10.0. The Kier molecular flexibility index (Phi) is 4.16. The number of rotatable bonds is 4. The van der Waals surface area contributed by atoms with Crippen LogP contribution in [0.1, 0.15) is 24.8 Å². The molecule has 0 radical (unpaired) electrons. The fourth-order valence-electron chi connectivity index (χ4n) is 2.95. The molecule has 2 heterocycles. The number of benzene rings is 1. The van der Waals surface area contributed by atoms with Gasteiger partial charge in [0.25, 0.3) is 0 Å². The van der Waals surface area contributed by atoms with Gasteiger partial charge in [0.05, 0.1) is 12.7 Å². The zero-order chi connectivity index (χ0) is 13.8. The van der Waals surface area contributed by atoms with Crippen LogP contribution in [0.25, 0.3) is 11.1 Å². The van der Waals surface area contributed by atoms with E-state index in [1.165, 1.54) is 49.0 Å². The Hall–Kier alpha value is -1.61. The van der Waals surface area contributed by atoms with Gasteiger partial charge in [0.15, 0.2) is 0 Å². The molecule has 1 aliphatic heterocycles. The number of aromatic nitrogens is 2. The van der Waals surface area contributed by atoms with E-state index in [1.807, 2.05) is 6.20 Å². The molecule has 3 heteroatoms. The number of aryl methyl sites for hydroxylation is 1. The van der Waals surface area contributed by atoms with Crippen molar-refractivity contribution in [2.24, 2.45) is 0 Å². The van der Waals surface area contributed by atoms with E-state index >= 15 is 0 Å². The summed E-state index contributed by atoms with van der Waals surface area (Å²) in [4.78, 5) is 2.55. The highest BCUT2D eigenvalue weighted by Crippen LogP contribution is 2.22. The van der Waals surface area contributed by atoms with Crippen molar-refractivity contribution < 1.29 is 0 Å². The van der Waals surface area contributed by atoms with Crippen LogP contribution in [0.15, 0.2) is 36.7 Å². The lowest BCUT2D eigenvalue weighted by molar-refractivity contribution is 0.218. The van der Waals surface area contributed by atoms with Gasteiger partial charge in [-0.2, -0.15) is 5.10 Å². The van der Waals surface area contributed by atoms with Gasteiger partial charge in [-0.1, -0.05) is 30.7 Å². The molecular weight excluding hydrogens is 246 g/mol. The third kappa shape index (κ3) is 3.10. The summed E-state index contributed by atoms with van der Waals surface area (Å²) in [6.07, 6.45) is 8.27. The van der Waals surface area contributed by atoms with Crippen LogP contribution in [0, 0.1) is 6.92 Å². The standard InChI is InChI=1S/C17H23N3/c1-15-7-3-4-8-17(15)16-13-18-20(14-16)12-11-19-9-5-2-6-10-19/h3-4,7-8,13-14H,2,5-6,9-12H2,1H3. The molecular formula is C17H23N3. The van der Waals surface area contributed by atoms with Gasteiger partial charge in [-0.3, -0.25) is 4.68 Å². The Morgan fingerprint density at radius 3 is 2.65 bits per heavy atom. The Labute approximate surface area is 121 Å². The zero-order valence-corrected chi connectivity index (χ0v) is 12.3.